The van der Waals surface area contributed by atoms with Crippen molar-refractivity contribution in [3.63, 3.8) is 0 Å². The van der Waals surface area contributed by atoms with Crippen molar-refractivity contribution in [1.82, 2.24) is 4.90 Å². The number of urea groups is 1. The monoisotopic (exact) mass is 258 g/mol. The van der Waals surface area contributed by atoms with Crippen molar-refractivity contribution in [3.05, 3.63) is 42.5 Å². The lowest BCUT2D eigenvalue weighted by molar-refractivity contribution is 0.166. The first-order valence-corrected chi connectivity index (χ1v) is 6.26. The molecule has 0 fully saturated rings. The maximum absolute atomic E-state index is 12.1. The van der Waals surface area contributed by atoms with Gasteiger partial charge in [0.1, 0.15) is 0 Å². The third kappa shape index (κ3) is 2.85. The highest BCUT2D eigenvalue weighted by molar-refractivity contribution is 6.01. The van der Waals surface area contributed by atoms with Crippen molar-refractivity contribution in [2.45, 2.75) is 13.0 Å². The second kappa shape index (κ2) is 5.71. The van der Waals surface area contributed by atoms with Gasteiger partial charge >= 0.3 is 6.03 Å². The van der Waals surface area contributed by atoms with Crippen LogP contribution < -0.4 is 5.32 Å². The van der Waals surface area contributed by atoms with Crippen LogP contribution in [0.2, 0.25) is 0 Å². The van der Waals surface area contributed by atoms with Crippen molar-refractivity contribution in [1.29, 1.82) is 0 Å². The number of nitrogens with zero attached hydrogens (tertiary/aromatic N) is 1. The summed E-state index contributed by atoms with van der Waals surface area (Å²) >= 11 is 0. The number of amides is 2. The molecule has 0 heterocycles. The highest BCUT2D eigenvalue weighted by Gasteiger charge is 2.15. The van der Waals surface area contributed by atoms with E-state index in [0.717, 1.165) is 16.5 Å². The first kappa shape index (κ1) is 13.4. The topological polar surface area (TPSA) is 52.6 Å². The van der Waals surface area contributed by atoms with Gasteiger partial charge in [0.2, 0.25) is 0 Å². The number of nitrogens with one attached hydrogen (secondary N) is 1. The molecule has 1 atom stereocenters. The van der Waals surface area contributed by atoms with Gasteiger partial charge in [-0.25, -0.2) is 4.79 Å². The normalized spacial score (nSPS) is 12.2. The van der Waals surface area contributed by atoms with E-state index in [1.807, 2.05) is 42.5 Å². The van der Waals surface area contributed by atoms with Gasteiger partial charge in [-0.05, 0) is 18.4 Å². The van der Waals surface area contributed by atoms with E-state index in [1.165, 1.54) is 4.90 Å². The molecule has 0 aliphatic carbocycles. The van der Waals surface area contributed by atoms with E-state index in [9.17, 15) is 4.79 Å². The number of anilines is 1. The quantitative estimate of drug-likeness (QED) is 0.889. The zero-order chi connectivity index (χ0) is 13.8. The molecule has 2 aromatic rings. The number of aliphatic hydroxyl groups is 1. The lowest BCUT2D eigenvalue weighted by Crippen LogP contribution is -2.40. The highest BCUT2D eigenvalue weighted by atomic mass is 16.3. The second-order valence-electron chi connectivity index (χ2n) is 4.60. The van der Waals surface area contributed by atoms with Gasteiger partial charge in [0.05, 0.1) is 18.3 Å². The highest BCUT2D eigenvalue weighted by Crippen LogP contribution is 2.23. The Morgan fingerprint density at radius 1 is 1.26 bits per heavy atom. The molecule has 0 aliphatic rings. The van der Waals surface area contributed by atoms with Crippen molar-refractivity contribution in [2.24, 2.45) is 0 Å². The van der Waals surface area contributed by atoms with Gasteiger partial charge in [-0.15, -0.1) is 0 Å². The van der Waals surface area contributed by atoms with Crippen molar-refractivity contribution in [3.8, 4) is 0 Å². The van der Waals surface area contributed by atoms with E-state index < -0.39 is 0 Å². The van der Waals surface area contributed by atoms with Gasteiger partial charge in [0.25, 0.3) is 0 Å². The molecule has 0 bridgehead atoms. The minimum atomic E-state index is -0.224. The van der Waals surface area contributed by atoms with E-state index in [2.05, 4.69) is 5.32 Å². The van der Waals surface area contributed by atoms with Crippen LogP contribution in [0.25, 0.3) is 10.8 Å². The summed E-state index contributed by atoms with van der Waals surface area (Å²) < 4.78 is 0. The number of rotatable bonds is 3. The van der Waals surface area contributed by atoms with E-state index in [0.29, 0.717) is 0 Å². The molecule has 4 heteroatoms. The minimum absolute atomic E-state index is 0.0561. The number of likely N-dealkylation sites (N-methyl/N-ethyl adjacent to an activating group) is 1. The third-order valence-corrected chi connectivity index (χ3v) is 3.28. The molecule has 2 aromatic carbocycles. The molecular formula is C15H18N2O2. The van der Waals surface area contributed by atoms with Gasteiger partial charge in [0.15, 0.2) is 0 Å². The van der Waals surface area contributed by atoms with Gasteiger partial charge < -0.3 is 15.3 Å². The number of benzene rings is 2. The van der Waals surface area contributed by atoms with Crippen LogP contribution >= 0.6 is 0 Å². The Kier molecular flexibility index (Phi) is 4.02. The lowest BCUT2D eigenvalue weighted by atomic mass is 10.1. The summed E-state index contributed by atoms with van der Waals surface area (Å²) in [5, 5.41) is 14.0. The SMILES string of the molecule is CC(CO)N(C)C(=O)Nc1cccc2ccccc12. The van der Waals surface area contributed by atoms with E-state index in [-0.39, 0.29) is 18.7 Å². The first-order chi connectivity index (χ1) is 9.13. The number of hydrogen-bond acceptors (Lipinski definition) is 2. The first-order valence-electron chi connectivity index (χ1n) is 6.26. The summed E-state index contributed by atoms with van der Waals surface area (Å²) in [4.78, 5) is 13.5. The Morgan fingerprint density at radius 3 is 2.68 bits per heavy atom. The van der Waals surface area contributed by atoms with Crippen LogP contribution in [0.15, 0.2) is 42.5 Å². The standard InChI is InChI=1S/C15H18N2O2/c1-11(10-18)17(2)15(19)16-14-9-5-7-12-6-3-4-8-13(12)14/h3-9,11,18H,10H2,1-2H3,(H,16,19). The van der Waals surface area contributed by atoms with Crippen LogP contribution in [0, 0.1) is 0 Å². The zero-order valence-electron chi connectivity index (χ0n) is 11.1. The molecule has 0 spiro atoms. The fourth-order valence-electron chi connectivity index (χ4n) is 1.86. The molecule has 0 saturated carbocycles. The summed E-state index contributed by atoms with van der Waals surface area (Å²) in [6, 6.07) is 13.2. The van der Waals surface area contributed by atoms with E-state index in [4.69, 9.17) is 5.11 Å². The second-order valence-corrected chi connectivity index (χ2v) is 4.60. The largest absolute Gasteiger partial charge is 0.394 e. The average Bonchev–Trinajstić information content (AvgIpc) is 2.46. The van der Waals surface area contributed by atoms with Crippen LogP contribution in [0.4, 0.5) is 10.5 Å². The average molecular weight is 258 g/mol. The van der Waals surface area contributed by atoms with Crippen LogP contribution in [0.1, 0.15) is 6.92 Å². The van der Waals surface area contributed by atoms with Gasteiger partial charge in [-0.1, -0.05) is 36.4 Å². The Bertz CT molecular complexity index is 578. The lowest BCUT2D eigenvalue weighted by Gasteiger charge is -2.23. The molecule has 0 aliphatic heterocycles. The summed E-state index contributed by atoms with van der Waals surface area (Å²) in [6.07, 6.45) is 0. The van der Waals surface area contributed by atoms with Crippen LogP contribution in [0.5, 0.6) is 0 Å². The van der Waals surface area contributed by atoms with E-state index in [1.54, 1.807) is 14.0 Å². The number of fused-ring (bicyclic) bond motifs is 1. The predicted octanol–water partition coefficient (Wildman–Crippen LogP) is 2.68. The summed E-state index contributed by atoms with van der Waals surface area (Å²) in [7, 11) is 1.67. The molecule has 2 N–H and O–H groups in total. The summed E-state index contributed by atoms with van der Waals surface area (Å²) in [6.45, 7) is 1.74. The predicted molar refractivity (Wildman–Crippen MR) is 77.3 cm³/mol. The minimum Gasteiger partial charge on any atom is -0.394 e. The molecular weight excluding hydrogens is 240 g/mol. The van der Waals surface area contributed by atoms with Crippen LogP contribution in [0.3, 0.4) is 0 Å². The molecule has 19 heavy (non-hydrogen) atoms. The van der Waals surface area contributed by atoms with Gasteiger partial charge in [-0.3, -0.25) is 0 Å². The molecule has 2 amide bonds. The zero-order valence-corrected chi connectivity index (χ0v) is 11.1. The van der Waals surface area contributed by atoms with Gasteiger partial charge in [0, 0.05) is 12.4 Å². The molecule has 0 saturated heterocycles. The fraction of sp³-hybridized carbons (Fsp3) is 0.267. The number of carbonyl (C=O) groups excluding carboxylic acids is 1. The Morgan fingerprint density at radius 2 is 1.95 bits per heavy atom. The number of aliphatic hydroxyl groups excluding tert-OH is 1. The molecule has 0 aromatic heterocycles. The maximum Gasteiger partial charge on any atom is 0.321 e. The Labute approximate surface area is 112 Å². The van der Waals surface area contributed by atoms with Crippen molar-refractivity contribution >= 4 is 22.5 Å². The summed E-state index contributed by atoms with van der Waals surface area (Å²) in [5.74, 6) is 0. The smallest absolute Gasteiger partial charge is 0.321 e. The fourth-order valence-corrected chi connectivity index (χ4v) is 1.86. The Balaban J connectivity index is 2.24. The number of hydrogen-bond donors (Lipinski definition) is 2. The van der Waals surface area contributed by atoms with E-state index >= 15 is 0 Å². The maximum atomic E-state index is 12.1. The number of carbonyl (C=O) groups is 1. The molecule has 100 valence electrons. The van der Waals surface area contributed by atoms with Crippen LogP contribution in [-0.2, 0) is 0 Å². The summed E-state index contributed by atoms with van der Waals surface area (Å²) in [5.41, 5.74) is 0.778. The molecule has 0 radical (unpaired) electrons. The molecule has 2 rings (SSSR count). The van der Waals surface area contributed by atoms with Gasteiger partial charge in [-0.2, -0.15) is 0 Å². The van der Waals surface area contributed by atoms with Crippen molar-refractivity contribution < 1.29 is 9.90 Å². The molecule has 4 nitrogen and oxygen atoms in total. The Hall–Kier alpha value is -2.07. The van der Waals surface area contributed by atoms with Crippen LogP contribution in [-0.4, -0.2) is 35.7 Å². The van der Waals surface area contributed by atoms with Crippen molar-refractivity contribution in [2.75, 3.05) is 19.0 Å². The third-order valence-electron chi connectivity index (χ3n) is 3.28. The molecule has 1 unspecified atom stereocenters.